The second-order valence-electron chi connectivity index (χ2n) is 6.59. The number of hydrogen-bond acceptors (Lipinski definition) is 2. The number of thioether (sulfide) groups is 1. The van der Waals surface area contributed by atoms with Gasteiger partial charge in [-0.1, -0.05) is 0 Å². The Labute approximate surface area is 177 Å². The first-order valence-electron chi connectivity index (χ1n) is 9.43. The van der Waals surface area contributed by atoms with E-state index in [1.807, 2.05) is 11.8 Å². The van der Waals surface area contributed by atoms with Crippen molar-refractivity contribution in [1.82, 2.24) is 3.11 Å². The van der Waals surface area contributed by atoms with E-state index >= 15 is 0 Å². The maximum absolute atomic E-state index is 3.50. The molecule has 0 atom stereocenters. The van der Waals surface area contributed by atoms with Crippen LogP contribution in [0.2, 0.25) is 0 Å². The van der Waals surface area contributed by atoms with Gasteiger partial charge in [0.1, 0.15) is 0 Å². The van der Waals surface area contributed by atoms with Crippen LogP contribution < -0.4 is 21.5 Å². The number of allylic oxidation sites excluding steroid dienone is 9. The van der Waals surface area contributed by atoms with Gasteiger partial charge in [0.25, 0.3) is 0 Å². The molecule has 0 saturated heterocycles. The van der Waals surface area contributed by atoms with Crippen LogP contribution in [0.4, 0.5) is 0 Å². The summed E-state index contributed by atoms with van der Waals surface area (Å²) in [5.74, 6) is 8.08. The molecule has 1 aromatic rings. The minimum absolute atomic E-state index is 0.319. The van der Waals surface area contributed by atoms with Crippen molar-refractivity contribution in [2.45, 2.75) is 33.1 Å². The first kappa shape index (κ1) is 18.7. The van der Waals surface area contributed by atoms with Crippen molar-refractivity contribution in [2.24, 2.45) is 0 Å². The summed E-state index contributed by atoms with van der Waals surface area (Å²) in [4.78, 5) is 1.24. The second kappa shape index (κ2) is 8.58. The second-order valence-corrected chi connectivity index (χ2v) is 10.3. The molecule has 2 aliphatic heterocycles. The van der Waals surface area contributed by atoms with Crippen LogP contribution in [0.5, 0.6) is 0 Å². The number of nitrogens with zero attached hydrogens (tertiary/aromatic N) is 1. The fraction of sp³-hybridized carbons (Fsp3) is 0.250. The van der Waals surface area contributed by atoms with Crippen LogP contribution in [-0.2, 0) is 0 Å². The zero-order valence-corrected chi connectivity index (χ0v) is 18.7. The van der Waals surface area contributed by atoms with Crippen LogP contribution in [0, 0.1) is 15.4 Å². The Bertz CT molecular complexity index is 966. The zero-order chi connectivity index (χ0) is 18.6. The third-order valence-corrected chi connectivity index (χ3v) is 9.18. The standard InChI is InChI=1S/C24H23INS/c1-3-23-18(2)22-14-8-10-19(15-16-21-13-9-17-27-21)24(22)25-26(23)20-11-6-4-5-7-12-20/h4-8,10-11,13-14H,3,9,12,17H2,1-2H3/q-1. The number of halogens is 1. The van der Waals surface area contributed by atoms with E-state index in [1.165, 1.54) is 42.3 Å². The molecule has 0 amide bonds. The fourth-order valence-corrected chi connectivity index (χ4v) is 7.80. The monoisotopic (exact) mass is 484 g/mol. The molecule has 0 N–H and O–H groups in total. The predicted molar refractivity (Wildman–Crippen MR) is 113 cm³/mol. The Morgan fingerprint density at radius 2 is 2.11 bits per heavy atom. The van der Waals surface area contributed by atoms with Gasteiger partial charge in [0.05, 0.1) is 0 Å². The summed E-state index contributed by atoms with van der Waals surface area (Å²) in [5, 5.41) is 0. The molecular weight excluding hydrogens is 461 g/mol. The van der Waals surface area contributed by atoms with E-state index in [9.17, 15) is 0 Å². The summed E-state index contributed by atoms with van der Waals surface area (Å²) >= 11 is 1.56. The van der Waals surface area contributed by atoms with Gasteiger partial charge in [-0.15, -0.1) is 0 Å². The number of fused-ring (bicyclic) bond motifs is 1. The van der Waals surface area contributed by atoms with E-state index in [0.29, 0.717) is 0 Å². The summed E-state index contributed by atoms with van der Waals surface area (Å²) in [6, 6.07) is 6.66. The van der Waals surface area contributed by atoms with Crippen LogP contribution in [0.15, 0.2) is 71.0 Å². The number of rotatable bonds is 2. The van der Waals surface area contributed by atoms with Gasteiger partial charge in [0.15, 0.2) is 0 Å². The van der Waals surface area contributed by atoms with Crippen LogP contribution in [0.1, 0.15) is 44.2 Å². The molecule has 1 aromatic carbocycles. The molecule has 1 nitrogen and oxygen atoms in total. The predicted octanol–water partition coefficient (Wildman–Crippen LogP) is 3.09. The summed E-state index contributed by atoms with van der Waals surface area (Å²) < 4.78 is 4.09. The van der Waals surface area contributed by atoms with Crippen LogP contribution >= 0.6 is 11.8 Å². The summed E-state index contributed by atoms with van der Waals surface area (Å²) in [7, 11) is 0. The summed E-state index contributed by atoms with van der Waals surface area (Å²) in [5.41, 5.74) is 6.93. The van der Waals surface area contributed by atoms with E-state index in [2.05, 4.69) is 83.5 Å². The molecule has 0 radical (unpaired) electrons. The Kier molecular flexibility index (Phi) is 5.95. The van der Waals surface area contributed by atoms with Gasteiger partial charge in [-0.3, -0.25) is 0 Å². The molecule has 0 saturated carbocycles. The van der Waals surface area contributed by atoms with Crippen LogP contribution in [-0.4, -0.2) is 8.87 Å². The van der Waals surface area contributed by atoms with Crippen LogP contribution in [0.25, 0.3) is 5.57 Å². The Hall–Kier alpha value is -1.64. The zero-order valence-electron chi connectivity index (χ0n) is 15.8. The van der Waals surface area contributed by atoms with Gasteiger partial charge in [0.2, 0.25) is 0 Å². The molecule has 0 bridgehead atoms. The summed E-state index contributed by atoms with van der Waals surface area (Å²) in [6.07, 6.45) is 16.4. The minimum atomic E-state index is -0.319. The average Bonchev–Trinajstić information content (AvgIpc) is 3.07. The van der Waals surface area contributed by atoms with Gasteiger partial charge in [-0.2, -0.15) is 0 Å². The Morgan fingerprint density at radius 3 is 2.93 bits per heavy atom. The normalized spacial score (nSPS) is 18.8. The van der Waals surface area contributed by atoms with Crippen molar-refractivity contribution >= 4 is 17.3 Å². The van der Waals surface area contributed by atoms with Crippen molar-refractivity contribution in [2.75, 3.05) is 5.75 Å². The molecule has 0 aromatic heterocycles. The topological polar surface area (TPSA) is 3.24 Å². The first-order chi connectivity index (χ1) is 13.3. The van der Waals surface area contributed by atoms with E-state index in [1.54, 1.807) is 0 Å². The molecule has 138 valence electrons. The van der Waals surface area contributed by atoms with Gasteiger partial charge in [-0.05, 0) is 0 Å². The third kappa shape index (κ3) is 3.97. The molecule has 3 aliphatic rings. The average molecular weight is 484 g/mol. The SMILES string of the molecule is CCC1=C(C)c2cccc(C#CC3=CCCS3)c2[I-]N1C1=CC=CC=CC1. The van der Waals surface area contributed by atoms with E-state index in [0.717, 1.165) is 19.3 Å². The van der Waals surface area contributed by atoms with Crippen molar-refractivity contribution in [3.8, 4) is 11.8 Å². The molecule has 0 fully saturated rings. The molecule has 1 aliphatic carbocycles. The van der Waals surface area contributed by atoms with Gasteiger partial charge in [-0.25, -0.2) is 0 Å². The molecule has 2 heterocycles. The number of hydrogen-bond donors (Lipinski definition) is 0. The van der Waals surface area contributed by atoms with E-state index in [-0.39, 0.29) is 21.5 Å². The van der Waals surface area contributed by atoms with Gasteiger partial charge >= 0.3 is 178 Å². The third-order valence-electron chi connectivity index (χ3n) is 4.83. The molecule has 3 heteroatoms. The fourth-order valence-electron chi connectivity index (χ4n) is 3.42. The maximum atomic E-state index is 3.50. The first-order valence-corrected chi connectivity index (χ1v) is 12.5. The molecule has 0 spiro atoms. The number of benzene rings is 1. The molecule has 27 heavy (non-hydrogen) atoms. The Balaban J connectivity index is 1.76. The van der Waals surface area contributed by atoms with Crippen molar-refractivity contribution < 1.29 is 21.5 Å². The van der Waals surface area contributed by atoms with Crippen molar-refractivity contribution in [3.63, 3.8) is 0 Å². The van der Waals surface area contributed by atoms with Gasteiger partial charge in [0, 0.05) is 0 Å². The quantitative estimate of drug-likeness (QED) is 0.361. The molecule has 0 unspecified atom stereocenters. The van der Waals surface area contributed by atoms with E-state index in [4.69, 9.17) is 0 Å². The van der Waals surface area contributed by atoms with Crippen molar-refractivity contribution in [3.05, 3.63) is 85.7 Å². The van der Waals surface area contributed by atoms with Crippen LogP contribution in [0.3, 0.4) is 0 Å². The van der Waals surface area contributed by atoms with E-state index < -0.39 is 0 Å². The molecular formula is C24H23INS-. The summed E-state index contributed by atoms with van der Waals surface area (Å²) in [6.45, 7) is 4.56. The Morgan fingerprint density at radius 1 is 1.19 bits per heavy atom. The molecule has 4 rings (SSSR count). The van der Waals surface area contributed by atoms with Crippen molar-refractivity contribution in [1.29, 1.82) is 0 Å². The van der Waals surface area contributed by atoms with Gasteiger partial charge < -0.3 is 0 Å².